The van der Waals surface area contributed by atoms with Gasteiger partial charge in [-0.2, -0.15) is 0 Å². The molecule has 0 spiro atoms. The largest absolute Gasteiger partial charge is 0.478 e. The van der Waals surface area contributed by atoms with Crippen LogP contribution in [0.2, 0.25) is 0 Å². The molecule has 0 bridgehead atoms. The number of rotatable bonds is 5. The predicted molar refractivity (Wildman–Crippen MR) is 67.4 cm³/mol. The SMILES string of the molecule is CC(C)N(CCO)c1ccc(C(=O)O)c(N)c1. The van der Waals surface area contributed by atoms with E-state index in [4.69, 9.17) is 15.9 Å². The van der Waals surface area contributed by atoms with E-state index in [1.807, 2.05) is 18.7 Å². The Morgan fingerprint density at radius 1 is 1.47 bits per heavy atom. The molecule has 0 aliphatic heterocycles. The number of hydrogen-bond donors (Lipinski definition) is 3. The van der Waals surface area contributed by atoms with Crippen LogP contribution >= 0.6 is 0 Å². The van der Waals surface area contributed by atoms with Crippen molar-refractivity contribution in [3.8, 4) is 0 Å². The van der Waals surface area contributed by atoms with Gasteiger partial charge in [0, 0.05) is 24.0 Å². The minimum Gasteiger partial charge on any atom is -0.478 e. The summed E-state index contributed by atoms with van der Waals surface area (Å²) in [4.78, 5) is 12.8. The fourth-order valence-corrected chi connectivity index (χ4v) is 1.72. The van der Waals surface area contributed by atoms with E-state index in [2.05, 4.69) is 0 Å². The van der Waals surface area contributed by atoms with E-state index in [1.165, 1.54) is 6.07 Å². The minimum absolute atomic E-state index is 0.0404. The van der Waals surface area contributed by atoms with Gasteiger partial charge in [0.05, 0.1) is 12.2 Å². The summed E-state index contributed by atoms with van der Waals surface area (Å²) in [5, 5.41) is 17.9. The van der Waals surface area contributed by atoms with Crippen LogP contribution in [0.15, 0.2) is 18.2 Å². The molecule has 1 rings (SSSR count). The standard InChI is InChI=1S/C12H18N2O3/c1-8(2)14(5-6-15)9-3-4-10(12(16)17)11(13)7-9/h3-4,7-8,15H,5-6,13H2,1-2H3,(H,16,17). The number of nitrogens with two attached hydrogens (primary N) is 1. The Labute approximate surface area is 100 Å². The number of carboxylic acids is 1. The molecular formula is C12H18N2O3. The van der Waals surface area contributed by atoms with Crippen molar-refractivity contribution >= 4 is 17.3 Å². The number of benzene rings is 1. The van der Waals surface area contributed by atoms with Gasteiger partial charge in [-0.25, -0.2) is 4.79 Å². The number of hydrogen-bond acceptors (Lipinski definition) is 4. The van der Waals surface area contributed by atoms with Crippen molar-refractivity contribution < 1.29 is 15.0 Å². The fraction of sp³-hybridized carbons (Fsp3) is 0.417. The highest BCUT2D eigenvalue weighted by Gasteiger charge is 2.13. The van der Waals surface area contributed by atoms with Gasteiger partial charge in [-0.1, -0.05) is 0 Å². The first kappa shape index (κ1) is 13.3. The zero-order valence-electron chi connectivity index (χ0n) is 10.1. The van der Waals surface area contributed by atoms with Gasteiger partial charge in [0.2, 0.25) is 0 Å². The van der Waals surface area contributed by atoms with E-state index in [9.17, 15) is 4.79 Å². The van der Waals surface area contributed by atoms with Crippen molar-refractivity contribution in [2.24, 2.45) is 0 Å². The van der Waals surface area contributed by atoms with Gasteiger partial charge in [0.1, 0.15) is 0 Å². The maximum atomic E-state index is 10.8. The number of nitrogen functional groups attached to an aromatic ring is 1. The van der Waals surface area contributed by atoms with Gasteiger partial charge in [-0.15, -0.1) is 0 Å². The molecule has 5 heteroatoms. The van der Waals surface area contributed by atoms with Gasteiger partial charge < -0.3 is 20.8 Å². The molecule has 0 saturated carbocycles. The van der Waals surface area contributed by atoms with Crippen molar-refractivity contribution in [2.45, 2.75) is 19.9 Å². The third-order valence-corrected chi connectivity index (χ3v) is 2.56. The van der Waals surface area contributed by atoms with Gasteiger partial charge in [0.15, 0.2) is 0 Å². The second-order valence-corrected chi connectivity index (χ2v) is 4.09. The van der Waals surface area contributed by atoms with Crippen LogP contribution in [0.4, 0.5) is 11.4 Å². The Bertz CT molecular complexity index is 405. The fourth-order valence-electron chi connectivity index (χ4n) is 1.72. The van der Waals surface area contributed by atoms with Crippen molar-refractivity contribution in [1.29, 1.82) is 0 Å². The smallest absolute Gasteiger partial charge is 0.337 e. The summed E-state index contributed by atoms with van der Waals surface area (Å²) < 4.78 is 0. The molecule has 0 aliphatic rings. The molecule has 0 saturated heterocycles. The zero-order chi connectivity index (χ0) is 13.0. The highest BCUT2D eigenvalue weighted by Crippen LogP contribution is 2.23. The second-order valence-electron chi connectivity index (χ2n) is 4.09. The summed E-state index contributed by atoms with van der Waals surface area (Å²) in [6.07, 6.45) is 0. The highest BCUT2D eigenvalue weighted by atomic mass is 16.4. The van der Waals surface area contributed by atoms with Crippen LogP contribution in [0.1, 0.15) is 24.2 Å². The number of aromatic carboxylic acids is 1. The number of anilines is 2. The first-order chi connectivity index (χ1) is 7.97. The average molecular weight is 238 g/mol. The highest BCUT2D eigenvalue weighted by molar-refractivity contribution is 5.94. The van der Waals surface area contributed by atoms with Crippen molar-refractivity contribution in [3.63, 3.8) is 0 Å². The molecule has 1 aromatic rings. The van der Waals surface area contributed by atoms with E-state index in [1.54, 1.807) is 12.1 Å². The molecule has 0 aliphatic carbocycles. The van der Waals surface area contributed by atoms with Crippen LogP contribution in [0.3, 0.4) is 0 Å². The molecule has 4 N–H and O–H groups in total. The Kier molecular flexibility index (Phi) is 4.34. The molecule has 94 valence electrons. The monoisotopic (exact) mass is 238 g/mol. The van der Waals surface area contributed by atoms with Crippen LogP contribution in [-0.2, 0) is 0 Å². The number of aliphatic hydroxyl groups excluding tert-OH is 1. The summed E-state index contributed by atoms with van der Waals surface area (Å²) in [5.41, 5.74) is 6.84. The molecule has 0 fully saturated rings. The molecule has 0 unspecified atom stereocenters. The molecule has 0 heterocycles. The van der Waals surface area contributed by atoms with E-state index in [0.717, 1.165) is 5.69 Å². The van der Waals surface area contributed by atoms with Crippen LogP contribution in [0.25, 0.3) is 0 Å². The van der Waals surface area contributed by atoms with Crippen LogP contribution in [0, 0.1) is 0 Å². The molecule has 0 aromatic heterocycles. The number of aliphatic hydroxyl groups is 1. The van der Waals surface area contributed by atoms with Crippen molar-refractivity contribution in [2.75, 3.05) is 23.8 Å². The summed E-state index contributed by atoms with van der Waals surface area (Å²) in [6, 6.07) is 5.02. The van der Waals surface area contributed by atoms with E-state index in [-0.39, 0.29) is 23.9 Å². The third kappa shape index (κ3) is 3.10. The lowest BCUT2D eigenvalue weighted by atomic mass is 10.1. The van der Waals surface area contributed by atoms with Crippen molar-refractivity contribution in [3.05, 3.63) is 23.8 Å². The quantitative estimate of drug-likeness (QED) is 0.670. The molecule has 17 heavy (non-hydrogen) atoms. The lowest BCUT2D eigenvalue weighted by molar-refractivity contribution is 0.0698. The first-order valence-electron chi connectivity index (χ1n) is 5.47. The third-order valence-electron chi connectivity index (χ3n) is 2.56. The van der Waals surface area contributed by atoms with Gasteiger partial charge in [-0.05, 0) is 32.0 Å². The number of carboxylic acid groups (broad SMARTS) is 1. The molecule has 0 radical (unpaired) electrons. The first-order valence-corrected chi connectivity index (χ1v) is 5.47. The molecule has 5 nitrogen and oxygen atoms in total. The Hall–Kier alpha value is -1.75. The maximum absolute atomic E-state index is 10.8. The number of carbonyl (C=O) groups is 1. The zero-order valence-corrected chi connectivity index (χ0v) is 10.1. The number of nitrogens with zero attached hydrogens (tertiary/aromatic N) is 1. The average Bonchev–Trinajstić information content (AvgIpc) is 2.24. The van der Waals surface area contributed by atoms with E-state index < -0.39 is 5.97 Å². The normalized spacial score (nSPS) is 10.6. The van der Waals surface area contributed by atoms with Gasteiger partial charge in [-0.3, -0.25) is 0 Å². The van der Waals surface area contributed by atoms with Crippen LogP contribution in [0.5, 0.6) is 0 Å². The summed E-state index contributed by atoms with van der Waals surface area (Å²) in [7, 11) is 0. The van der Waals surface area contributed by atoms with E-state index in [0.29, 0.717) is 6.54 Å². The van der Waals surface area contributed by atoms with Crippen LogP contribution < -0.4 is 10.6 Å². The van der Waals surface area contributed by atoms with Gasteiger partial charge >= 0.3 is 5.97 Å². The second kappa shape index (κ2) is 5.54. The summed E-state index contributed by atoms with van der Waals surface area (Å²) in [6.45, 7) is 4.52. The molecule has 0 atom stereocenters. The van der Waals surface area contributed by atoms with E-state index >= 15 is 0 Å². The molecule has 0 amide bonds. The lowest BCUT2D eigenvalue weighted by Gasteiger charge is -2.28. The molecular weight excluding hydrogens is 220 g/mol. The maximum Gasteiger partial charge on any atom is 0.337 e. The predicted octanol–water partition coefficient (Wildman–Crippen LogP) is 1.17. The topological polar surface area (TPSA) is 86.8 Å². The Morgan fingerprint density at radius 3 is 2.53 bits per heavy atom. The summed E-state index contributed by atoms with van der Waals surface area (Å²) in [5.74, 6) is -1.03. The summed E-state index contributed by atoms with van der Waals surface area (Å²) >= 11 is 0. The molecule has 1 aromatic carbocycles. The Morgan fingerprint density at radius 2 is 2.12 bits per heavy atom. The lowest BCUT2D eigenvalue weighted by Crippen LogP contribution is -2.33. The van der Waals surface area contributed by atoms with Crippen molar-refractivity contribution in [1.82, 2.24) is 0 Å². The van der Waals surface area contributed by atoms with Crippen LogP contribution in [-0.4, -0.2) is 35.4 Å². The minimum atomic E-state index is -1.03. The Balaban J connectivity index is 3.06. The van der Waals surface area contributed by atoms with Gasteiger partial charge in [0.25, 0.3) is 0 Å².